The molecule has 0 aromatic rings. The van der Waals surface area contributed by atoms with Gasteiger partial charge in [-0.2, -0.15) is 0 Å². The molecule has 0 spiro atoms. The molecular weight excluding hydrogens is 398 g/mol. The van der Waals surface area contributed by atoms with Gasteiger partial charge in [-0.1, -0.05) is 0 Å². The number of hydrogen-bond acceptors (Lipinski definition) is 6. The predicted octanol–water partition coefficient (Wildman–Crippen LogP) is -2.01. The van der Waals surface area contributed by atoms with Crippen LogP contribution in [-0.4, -0.2) is 26.6 Å². The van der Waals surface area contributed by atoms with Crippen molar-refractivity contribution in [3.8, 4) is 0 Å². The Hall–Kier alpha value is 1.19. The zero-order valence-corrected chi connectivity index (χ0v) is 9.56. The molecule has 0 fully saturated rings. The second-order valence-corrected chi connectivity index (χ2v) is 1.22. The Balaban J connectivity index is -0.0000000720. The Bertz CT molecular complexity index is 69.1. The average Bonchev–Trinajstić information content (AvgIpc) is 1.25. The van der Waals surface area contributed by atoms with Crippen LogP contribution >= 0.6 is 0 Å². The van der Waals surface area contributed by atoms with Gasteiger partial charge in [0.2, 0.25) is 0 Å². The van der Waals surface area contributed by atoms with Crippen molar-refractivity contribution in [3.63, 3.8) is 0 Å². The monoisotopic (exact) mass is 398 g/mol. The maximum absolute atomic E-state index is 8.44. The quantitative estimate of drug-likeness (QED) is 0.434. The first kappa shape index (κ1) is 16.6. The Kier molecular flexibility index (Phi) is 22.1. The molecular formula is O6S2U. The molecule has 52 valence electrons. The molecule has 0 aromatic heterocycles. The predicted molar refractivity (Wildman–Crippen MR) is 19.4 cm³/mol. The molecule has 0 aromatic carbocycles. The van der Waals surface area contributed by atoms with E-state index in [4.69, 9.17) is 26.6 Å². The number of hydrogen-bond donors (Lipinski definition) is 0. The van der Waals surface area contributed by atoms with Crippen LogP contribution in [0.5, 0.6) is 0 Å². The minimum absolute atomic E-state index is 0. The van der Waals surface area contributed by atoms with Crippen LogP contribution in [0.2, 0.25) is 0 Å². The van der Waals surface area contributed by atoms with Crippen LogP contribution in [0.3, 0.4) is 0 Å². The molecule has 0 aliphatic carbocycles. The smallest absolute Gasteiger partial charge is 0.784 e. The van der Waals surface area contributed by atoms with Crippen LogP contribution in [0.4, 0.5) is 0 Å². The third-order valence-electron chi connectivity index (χ3n) is 0. The van der Waals surface area contributed by atoms with E-state index in [1.807, 2.05) is 0 Å². The Morgan fingerprint density at radius 1 is 0.778 bits per heavy atom. The van der Waals surface area contributed by atoms with Gasteiger partial charge in [0, 0.05) is 0 Å². The van der Waals surface area contributed by atoms with Gasteiger partial charge in [-0.3, -0.25) is 8.42 Å². The summed E-state index contributed by atoms with van der Waals surface area (Å²) in [5.74, 6) is 0. The third kappa shape index (κ3) is 335. The summed E-state index contributed by atoms with van der Waals surface area (Å²) in [7, 11) is 0. The first-order valence-corrected chi connectivity index (χ1v) is 3.00. The molecule has 0 saturated heterocycles. The van der Waals surface area contributed by atoms with Crippen molar-refractivity contribution < 1.29 is 57.7 Å². The Labute approximate surface area is 80.0 Å². The normalized spacial score (nSPS) is 7.78. The second kappa shape index (κ2) is 11.9. The van der Waals surface area contributed by atoms with Gasteiger partial charge in [-0.15, -0.1) is 22.7 Å². The number of rotatable bonds is 0. The molecule has 9 heteroatoms. The molecule has 6 nitrogen and oxygen atoms in total. The summed E-state index contributed by atoms with van der Waals surface area (Å²) in [6, 6.07) is 0. The summed E-state index contributed by atoms with van der Waals surface area (Å²) >= 11 is -6.22. The summed E-state index contributed by atoms with van der Waals surface area (Å²) in [5.41, 5.74) is 0. The van der Waals surface area contributed by atoms with Gasteiger partial charge >= 0.3 is 31.1 Å². The van der Waals surface area contributed by atoms with E-state index in [9.17, 15) is 0 Å². The first-order valence-electron chi connectivity index (χ1n) is 1.00. The van der Waals surface area contributed by atoms with Crippen LogP contribution in [0.15, 0.2) is 0 Å². The minimum atomic E-state index is -3.11. The fraction of sp³-hybridized carbons (Fsp3) is 0. The summed E-state index contributed by atoms with van der Waals surface area (Å²) in [4.78, 5) is 0. The topological polar surface area (TPSA) is 126 Å². The van der Waals surface area contributed by atoms with Crippen molar-refractivity contribution >= 4 is 22.7 Å². The first-order chi connectivity index (χ1) is 3.46. The van der Waals surface area contributed by atoms with Crippen LogP contribution in [-0.2, 0) is 22.7 Å². The molecule has 9 heavy (non-hydrogen) atoms. The van der Waals surface area contributed by atoms with Crippen molar-refractivity contribution in [2.45, 2.75) is 0 Å². The van der Waals surface area contributed by atoms with E-state index in [1.165, 1.54) is 0 Å². The van der Waals surface area contributed by atoms with Gasteiger partial charge in [0.05, 0.1) is 0 Å². The standard InChI is InChI=1S/2H2O3S.U/c2*1-4(2)3;/h2*(H2,1,2,3);/q;;+4/p-4. The Morgan fingerprint density at radius 3 is 0.778 bits per heavy atom. The minimum Gasteiger partial charge on any atom is -0.784 e. The van der Waals surface area contributed by atoms with Crippen LogP contribution in [0, 0.1) is 31.1 Å². The molecule has 0 bridgehead atoms. The van der Waals surface area contributed by atoms with Crippen molar-refractivity contribution in [1.29, 1.82) is 0 Å². The van der Waals surface area contributed by atoms with E-state index in [0.717, 1.165) is 0 Å². The summed E-state index contributed by atoms with van der Waals surface area (Å²) in [6.45, 7) is 0. The van der Waals surface area contributed by atoms with Crippen molar-refractivity contribution in [2.24, 2.45) is 0 Å². The molecule has 0 rings (SSSR count). The van der Waals surface area contributed by atoms with Crippen LogP contribution in [0.1, 0.15) is 0 Å². The van der Waals surface area contributed by atoms with Crippen molar-refractivity contribution in [3.05, 3.63) is 0 Å². The molecule has 0 heterocycles. The molecule has 0 atom stereocenters. The maximum Gasteiger partial charge on any atom is 4.00 e. The fourth-order valence-electron chi connectivity index (χ4n) is 0. The molecule has 0 unspecified atom stereocenters. The van der Waals surface area contributed by atoms with E-state index < -0.39 is 22.7 Å². The van der Waals surface area contributed by atoms with Crippen molar-refractivity contribution in [1.82, 2.24) is 0 Å². The molecule has 0 radical (unpaired) electrons. The molecule has 0 N–H and O–H groups in total. The largest absolute Gasteiger partial charge is 4.00 e. The molecule has 0 aliphatic heterocycles. The van der Waals surface area contributed by atoms with E-state index in [2.05, 4.69) is 0 Å². The zero-order chi connectivity index (χ0) is 7.15. The van der Waals surface area contributed by atoms with Gasteiger partial charge < -0.3 is 18.2 Å². The van der Waals surface area contributed by atoms with E-state index in [-0.39, 0.29) is 31.1 Å². The van der Waals surface area contributed by atoms with Crippen molar-refractivity contribution in [2.75, 3.05) is 0 Å². The van der Waals surface area contributed by atoms with E-state index in [0.29, 0.717) is 0 Å². The van der Waals surface area contributed by atoms with Gasteiger partial charge in [0.25, 0.3) is 0 Å². The second-order valence-electron chi connectivity index (χ2n) is 0.408. The van der Waals surface area contributed by atoms with E-state index in [1.54, 1.807) is 0 Å². The van der Waals surface area contributed by atoms with Gasteiger partial charge in [0.15, 0.2) is 0 Å². The Morgan fingerprint density at radius 2 is 0.778 bits per heavy atom. The van der Waals surface area contributed by atoms with Gasteiger partial charge in [-0.25, -0.2) is 0 Å². The SMILES string of the molecule is O=S([O-])[O-].O=S([O-])[O-].[U+4]. The fourth-order valence-corrected chi connectivity index (χ4v) is 0. The summed E-state index contributed by atoms with van der Waals surface area (Å²) in [6.07, 6.45) is 0. The van der Waals surface area contributed by atoms with Gasteiger partial charge in [0.1, 0.15) is 0 Å². The summed E-state index contributed by atoms with van der Waals surface area (Å²) in [5, 5.41) is 0. The molecule has 0 saturated carbocycles. The average molecular weight is 398 g/mol. The molecule has 0 aliphatic rings. The zero-order valence-electron chi connectivity index (χ0n) is 3.77. The maximum atomic E-state index is 8.44. The van der Waals surface area contributed by atoms with Crippen LogP contribution < -0.4 is 0 Å². The van der Waals surface area contributed by atoms with E-state index >= 15 is 0 Å². The van der Waals surface area contributed by atoms with Crippen LogP contribution in [0.25, 0.3) is 0 Å². The third-order valence-corrected chi connectivity index (χ3v) is 0. The van der Waals surface area contributed by atoms with Gasteiger partial charge in [-0.05, 0) is 0 Å². The molecule has 0 amide bonds. The summed E-state index contributed by atoms with van der Waals surface area (Å²) < 4.78 is 50.7.